The number of rotatable bonds is 9. The quantitative estimate of drug-likeness (QED) is 0.202. The van der Waals surface area contributed by atoms with E-state index in [1.54, 1.807) is 36.4 Å². The van der Waals surface area contributed by atoms with Crippen molar-refractivity contribution in [3.8, 4) is 23.4 Å². The van der Waals surface area contributed by atoms with E-state index in [1.165, 1.54) is 31.5 Å². The third-order valence-electron chi connectivity index (χ3n) is 5.08. The molecular formula is C23H20FN9O3. The third-order valence-corrected chi connectivity index (χ3v) is 5.08. The Morgan fingerprint density at radius 3 is 2.83 bits per heavy atom. The number of ether oxygens (including phenoxy) is 2. The minimum absolute atomic E-state index is 0.0132. The van der Waals surface area contributed by atoms with Crippen LogP contribution in [0.2, 0.25) is 0 Å². The zero-order valence-corrected chi connectivity index (χ0v) is 18.9. The van der Waals surface area contributed by atoms with E-state index in [2.05, 4.69) is 25.6 Å². The number of amidine groups is 1. The molecule has 0 aliphatic rings. The Balaban J connectivity index is 1.90. The highest BCUT2D eigenvalue weighted by Crippen LogP contribution is 2.35. The Bertz CT molecular complexity index is 1490. The van der Waals surface area contributed by atoms with Gasteiger partial charge in [0.2, 0.25) is 0 Å². The Kier molecular flexibility index (Phi) is 6.87. The number of aromatic amines is 1. The van der Waals surface area contributed by atoms with E-state index >= 15 is 4.39 Å². The van der Waals surface area contributed by atoms with Gasteiger partial charge in [-0.05, 0) is 30.3 Å². The molecule has 0 saturated heterocycles. The van der Waals surface area contributed by atoms with Crippen LogP contribution in [0.25, 0.3) is 5.82 Å². The van der Waals surface area contributed by atoms with E-state index in [0.29, 0.717) is 11.3 Å². The average molecular weight is 489 g/mol. The number of nitriles is 1. The molecule has 0 bridgehead atoms. The molecule has 0 unspecified atom stereocenters. The van der Waals surface area contributed by atoms with Crippen LogP contribution in [-0.4, -0.2) is 44.5 Å². The lowest BCUT2D eigenvalue weighted by Crippen LogP contribution is -2.20. The zero-order valence-electron chi connectivity index (χ0n) is 18.9. The lowest BCUT2D eigenvalue weighted by molar-refractivity contribution is 0.338. The van der Waals surface area contributed by atoms with Gasteiger partial charge >= 0.3 is 5.69 Å². The highest BCUT2D eigenvalue weighted by Gasteiger charge is 2.27. The van der Waals surface area contributed by atoms with Gasteiger partial charge in [-0.3, -0.25) is 10.4 Å². The number of hydrogen-bond acceptors (Lipinski definition) is 9. The molecule has 12 nitrogen and oxygen atoms in total. The van der Waals surface area contributed by atoms with Gasteiger partial charge in [0.1, 0.15) is 23.7 Å². The normalized spacial score (nSPS) is 11.4. The minimum Gasteiger partial charge on any atom is -0.497 e. The number of halogens is 1. The maximum atomic E-state index is 15.7. The van der Waals surface area contributed by atoms with Gasteiger partial charge < -0.3 is 20.5 Å². The molecule has 5 N–H and O–H groups in total. The summed E-state index contributed by atoms with van der Waals surface area (Å²) in [6.45, 7) is -0.396. The molecule has 4 aromatic rings. The predicted octanol–water partition coefficient (Wildman–Crippen LogP) is 1.89. The lowest BCUT2D eigenvalue weighted by Gasteiger charge is -2.22. The fourth-order valence-corrected chi connectivity index (χ4v) is 3.46. The van der Waals surface area contributed by atoms with E-state index < -0.39 is 24.2 Å². The Morgan fingerprint density at radius 2 is 2.14 bits per heavy atom. The van der Waals surface area contributed by atoms with Crippen LogP contribution in [0.3, 0.4) is 0 Å². The van der Waals surface area contributed by atoms with E-state index in [1.807, 2.05) is 0 Å². The maximum absolute atomic E-state index is 15.7. The molecule has 1 atom stereocenters. The van der Waals surface area contributed by atoms with Crippen LogP contribution in [-0.2, 0) is 0 Å². The van der Waals surface area contributed by atoms with Gasteiger partial charge in [0, 0.05) is 29.1 Å². The van der Waals surface area contributed by atoms with Crippen LogP contribution < -0.4 is 26.2 Å². The van der Waals surface area contributed by atoms with Gasteiger partial charge in [0.05, 0.1) is 7.11 Å². The summed E-state index contributed by atoms with van der Waals surface area (Å²) in [6.07, 6.45) is 1.44. The highest BCUT2D eigenvalue weighted by atomic mass is 19.1. The van der Waals surface area contributed by atoms with Crippen molar-refractivity contribution in [3.05, 3.63) is 88.0 Å². The number of benzene rings is 2. The van der Waals surface area contributed by atoms with Gasteiger partial charge in [-0.2, -0.15) is 15.0 Å². The van der Waals surface area contributed by atoms with Crippen LogP contribution in [0.15, 0.2) is 59.5 Å². The van der Waals surface area contributed by atoms with Gasteiger partial charge in [0.15, 0.2) is 29.8 Å². The van der Waals surface area contributed by atoms with Gasteiger partial charge in [-0.15, -0.1) is 10.2 Å². The van der Waals surface area contributed by atoms with Crippen LogP contribution in [0.5, 0.6) is 11.5 Å². The first-order chi connectivity index (χ1) is 17.4. The lowest BCUT2D eigenvalue weighted by atomic mass is 10.0. The average Bonchev–Trinajstić information content (AvgIpc) is 3.28. The van der Waals surface area contributed by atoms with Gasteiger partial charge in [-0.1, -0.05) is 12.1 Å². The number of nitrogens with zero attached hydrogens (tertiary/aromatic N) is 5. The minimum atomic E-state index is -1.12. The second kappa shape index (κ2) is 10.3. The summed E-state index contributed by atoms with van der Waals surface area (Å²) < 4.78 is 27.2. The highest BCUT2D eigenvalue weighted by molar-refractivity contribution is 6.00. The molecule has 4 rings (SSSR count). The molecule has 0 saturated carbocycles. The molecule has 13 heteroatoms. The van der Waals surface area contributed by atoms with Crippen molar-refractivity contribution in [2.45, 2.75) is 6.04 Å². The number of anilines is 1. The number of para-hydroxylation sites is 1. The van der Waals surface area contributed by atoms with Crippen LogP contribution in [0.1, 0.15) is 23.0 Å². The van der Waals surface area contributed by atoms with Crippen molar-refractivity contribution in [2.75, 3.05) is 19.0 Å². The molecular weight excluding hydrogens is 469 g/mol. The van der Waals surface area contributed by atoms with Crippen LogP contribution in [0, 0.1) is 22.6 Å². The standard InChI is InChI=1S/C23H20FN9O3/c1-35-13-11-15(19(24)17(12-13)36-10-8-25)20(29-16-6-3-2-5-14(16)21(26)27)22-30-23(34)33(32-22)18-7-4-9-28-31-18/h2-7,9,11-12,20,29H,10H2,1H3,(H3,26,27)(H,30,32,34)/t20-/m0/s1. The molecule has 36 heavy (non-hydrogen) atoms. The van der Waals surface area contributed by atoms with E-state index in [9.17, 15) is 4.79 Å². The van der Waals surface area contributed by atoms with Crippen molar-refractivity contribution in [2.24, 2.45) is 5.73 Å². The summed E-state index contributed by atoms with van der Waals surface area (Å²) in [5, 5.41) is 31.8. The maximum Gasteiger partial charge on any atom is 0.349 e. The molecule has 0 aliphatic carbocycles. The number of aromatic nitrogens is 5. The molecule has 2 aromatic carbocycles. The number of H-pyrrole nitrogens is 1. The van der Waals surface area contributed by atoms with E-state index in [0.717, 1.165) is 4.68 Å². The molecule has 2 heterocycles. The molecule has 0 amide bonds. The number of nitrogen functional groups attached to an aromatic ring is 1. The second-order valence-electron chi connectivity index (χ2n) is 7.32. The predicted molar refractivity (Wildman–Crippen MR) is 127 cm³/mol. The first-order valence-electron chi connectivity index (χ1n) is 10.5. The molecule has 2 aromatic heterocycles. The monoisotopic (exact) mass is 489 g/mol. The largest absolute Gasteiger partial charge is 0.497 e. The summed E-state index contributed by atoms with van der Waals surface area (Å²) in [5.41, 5.74) is 5.81. The number of hydrogen-bond donors (Lipinski definition) is 4. The van der Waals surface area contributed by atoms with E-state index in [-0.39, 0.29) is 34.5 Å². The van der Waals surface area contributed by atoms with Crippen molar-refractivity contribution in [1.29, 1.82) is 10.7 Å². The van der Waals surface area contributed by atoms with Gasteiger partial charge in [-0.25, -0.2) is 9.18 Å². The second-order valence-corrected chi connectivity index (χ2v) is 7.32. The topological polar surface area (TPSA) is 181 Å². The molecule has 182 valence electrons. The molecule has 0 fully saturated rings. The van der Waals surface area contributed by atoms with Crippen molar-refractivity contribution in [1.82, 2.24) is 25.0 Å². The third kappa shape index (κ3) is 4.82. The first-order valence-corrected chi connectivity index (χ1v) is 10.5. The smallest absolute Gasteiger partial charge is 0.349 e. The summed E-state index contributed by atoms with van der Waals surface area (Å²) in [4.78, 5) is 15.4. The Morgan fingerprint density at radius 1 is 1.33 bits per heavy atom. The summed E-state index contributed by atoms with van der Waals surface area (Å²) in [5.74, 6) is -0.854. The number of nitrogens with one attached hydrogen (secondary N) is 3. The van der Waals surface area contributed by atoms with Crippen LogP contribution >= 0.6 is 0 Å². The van der Waals surface area contributed by atoms with Crippen molar-refractivity contribution in [3.63, 3.8) is 0 Å². The summed E-state index contributed by atoms with van der Waals surface area (Å²) in [6, 6.07) is 13.2. The summed E-state index contributed by atoms with van der Waals surface area (Å²) in [7, 11) is 1.39. The molecule has 0 aliphatic heterocycles. The fraction of sp³-hybridized carbons (Fsp3) is 0.130. The number of nitrogens with two attached hydrogens (primary N) is 1. The molecule has 0 spiro atoms. The van der Waals surface area contributed by atoms with Gasteiger partial charge in [0.25, 0.3) is 0 Å². The fourth-order valence-electron chi connectivity index (χ4n) is 3.46. The summed E-state index contributed by atoms with van der Waals surface area (Å²) >= 11 is 0. The SMILES string of the molecule is COc1cc(OCC#N)c(F)c([C@H](Nc2ccccc2C(=N)N)c2nn(-c3cccnn3)c(=O)[nH]2)c1. The Hall–Kier alpha value is -5.25. The van der Waals surface area contributed by atoms with Crippen molar-refractivity contribution >= 4 is 11.5 Å². The first kappa shape index (κ1) is 23.9. The van der Waals surface area contributed by atoms with E-state index in [4.69, 9.17) is 25.9 Å². The Labute approximate surface area is 203 Å². The molecule has 0 radical (unpaired) electrons. The van der Waals surface area contributed by atoms with Crippen LogP contribution in [0.4, 0.5) is 10.1 Å². The zero-order chi connectivity index (χ0) is 25.7. The number of methoxy groups -OCH3 is 1. The van der Waals surface area contributed by atoms with Crippen molar-refractivity contribution < 1.29 is 13.9 Å².